The Hall–Kier alpha value is -3.68. The molecule has 0 atom stereocenters. The Morgan fingerprint density at radius 1 is 1.03 bits per heavy atom. The van der Waals surface area contributed by atoms with Gasteiger partial charge in [-0.2, -0.15) is 0 Å². The van der Waals surface area contributed by atoms with Gasteiger partial charge in [0.2, 0.25) is 0 Å². The quantitative estimate of drug-likeness (QED) is 0.422. The monoisotopic (exact) mass is 470 g/mol. The van der Waals surface area contributed by atoms with Gasteiger partial charge < -0.3 is 19.2 Å². The largest absolute Gasteiger partial charge is 0.487 e. The van der Waals surface area contributed by atoms with Crippen molar-refractivity contribution >= 4 is 11.6 Å². The topological polar surface area (TPSA) is 68.1 Å². The Kier molecular flexibility index (Phi) is 7.07. The highest BCUT2D eigenvalue weighted by Crippen LogP contribution is 2.16. The second-order valence-electron chi connectivity index (χ2n) is 8.91. The molecule has 0 aliphatic carbocycles. The molecule has 1 saturated heterocycles. The van der Waals surface area contributed by atoms with E-state index in [1.807, 2.05) is 60.1 Å². The number of hydrogen-bond donors (Lipinski definition) is 1. The lowest BCUT2D eigenvalue weighted by molar-refractivity contribution is 0.0342. The molecule has 0 saturated carbocycles. The summed E-state index contributed by atoms with van der Waals surface area (Å²) in [5.74, 6) is 0.510. The number of carbonyl (C=O) groups excluding carboxylic acids is 1. The van der Waals surface area contributed by atoms with Crippen LogP contribution in [0.25, 0.3) is 5.65 Å². The fraction of sp³-hybridized carbons (Fsp3) is 0.286. The Balaban J connectivity index is 1.16. The van der Waals surface area contributed by atoms with Gasteiger partial charge in [0.25, 0.3) is 5.91 Å². The lowest BCUT2D eigenvalue weighted by Crippen LogP contribution is -2.35. The molecule has 1 aliphatic rings. The third kappa shape index (κ3) is 6.07. The number of ether oxygens (including phenoxy) is 2. The third-order valence-corrected chi connectivity index (χ3v) is 6.09. The van der Waals surface area contributed by atoms with Gasteiger partial charge in [0.05, 0.1) is 18.9 Å². The summed E-state index contributed by atoms with van der Waals surface area (Å²) in [7, 11) is 0. The number of rotatable bonds is 8. The van der Waals surface area contributed by atoms with E-state index in [4.69, 9.17) is 9.47 Å². The number of amides is 1. The molecule has 7 heteroatoms. The summed E-state index contributed by atoms with van der Waals surface area (Å²) in [4.78, 5) is 19.8. The maximum atomic E-state index is 12.8. The number of nitrogens with one attached hydrogen (secondary N) is 1. The number of pyridine rings is 1. The molecule has 2 aromatic carbocycles. The fourth-order valence-corrected chi connectivity index (χ4v) is 4.25. The first-order chi connectivity index (χ1) is 17.1. The van der Waals surface area contributed by atoms with Crippen LogP contribution in [-0.2, 0) is 24.4 Å². The van der Waals surface area contributed by atoms with Crippen LogP contribution in [0.2, 0.25) is 0 Å². The van der Waals surface area contributed by atoms with Crippen molar-refractivity contribution in [2.24, 2.45) is 0 Å². The predicted octanol–water partition coefficient (Wildman–Crippen LogP) is 3.98. The molecule has 0 spiro atoms. The van der Waals surface area contributed by atoms with Gasteiger partial charge in [0.15, 0.2) is 0 Å². The van der Waals surface area contributed by atoms with Crippen molar-refractivity contribution in [2.75, 3.05) is 26.3 Å². The molecule has 180 valence electrons. The lowest BCUT2D eigenvalue weighted by atomic mass is 10.1. The number of hydrogen-bond acceptors (Lipinski definition) is 5. The average Bonchev–Trinajstić information content (AvgIpc) is 3.29. The maximum Gasteiger partial charge on any atom is 0.251 e. The van der Waals surface area contributed by atoms with E-state index in [0.29, 0.717) is 24.5 Å². The summed E-state index contributed by atoms with van der Waals surface area (Å²) >= 11 is 0. The zero-order valence-electron chi connectivity index (χ0n) is 19.9. The molecule has 35 heavy (non-hydrogen) atoms. The number of carbonyl (C=O) groups is 1. The van der Waals surface area contributed by atoms with Gasteiger partial charge in [-0.1, -0.05) is 36.4 Å². The highest BCUT2D eigenvalue weighted by molar-refractivity contribution is 5.94. The molecular weight excluding hydrogens is 440 g/mol. The van der Waals surface area contributed by atoms with Gasteiger partial charge in [-0.3, -0.25) is 9.69 Å². The Morgan fingerprint density at radius 3 is 2.74 bits per heavy atom. The zero-order chi connectivity index (χ0) is 24.0. The van der Waals surface area contributed by atoms with Crippen LogP contribution in [-0.4, -0.2) is 46.5 Å². The van der Waals surface area contributed by atoms with Crippen LogP contribution >= 0.6 is 0 Å². The number of morpholine rings is 1. The van der Waals surface area contributed by atoms with Gasteiger partial charge in [-0.25, -0.2) is 4.98 Å². The van der Waals surface area contributed by atoms with Crippen LogP contribution in [0.1, 0.15) is 32.7 Å². The van der Waals surface area contributed by atoms with Crippen molar-refractivity contribution in [1.82, 2.24) is 19.6 Å². The summed E-state index contributed by atoms with van der Waals surface area (Å²) in [6.45, 7) is 7.24. The molecule has 2 aromatic heterocycles. The van der Waals surface area contributed by atoms with E-state index in [1.165, 1.54) is 11.1 Å². The van der Waals surface area contributed by atoms with Crippen molar-refractivity contribution in [3.8, 4) is 5.75 Å². The molecule has 1 N–H and O–H groups in total. The van der Waals surface area contributed by atoms with E-state index in [0.717, 1.165) is 49.8 Å². The van der Waals surface area contributed by atoms with E-state index >= 15 is 0 Å². The van der Waals surface area contributed by atoms with Crippen LogP contribution < -0.4 is 10.1 Å². The second-order valence-corrected chi connectivity index (χ2v) is 8.91. The van der Waals surface area contributed by atoms with Crippen LogP contribution in [0.15, 0.2) is 73.1 Å². The first-order valence-electron chi connectivity index (χ1n) is 12.0. The highest BCUT2D eigenvalue weighted by Gasteiger charge is 2.12. The molecule has 1 amide bonds. The van der Waals surface area contributed by atoms with Crippen LogP contribution in [0, 0.1) is 6.92 Å². The normalized spacial score (nSPS) is 14.2. The minimum atomic E-state index is -0.128. The van der Waals surface area contributed by atoms with Gasteiger partial charge in [-0.05, 0) is 47.9 Å². The molecule has 0 unspecified atom stereocenters. The van der Waals surface area contributed by atoms with Crippen molar-refractivity contribution < 1.29 is 14.3 Å². The van der Waals surface area contributed by atoms with E-state index in [-0.39, 0.29) is 5.91 Å². The Bertz CT molecular complexity index is 1310. The summed E-state index contributed by atoms with van der Waals surface area (Å²) in [5, 5.41) is 3.03. The number of benzene rings is 2. The van der Waals surface area contributed by atoms with Crippen LogP contribution in [0.4, 0.5) is 0 Å². The Morgan fingerprint density at radius 2 is 1.86 bits per heavy atom. The first kappa shape index (κ1) is 23.1. The molecule has 0 bridgehead atoms. The van der Waals surface area contributed by atoms with Crippen molar-refractivity contribution in [3.63, 3.8) is 0 Å². The van der Waals surface area contributed by atoms with Crippen LogP contribution in [0.3, 0.4) is 0 Å². The number of aryl methyl sites for hydroxylation is 1. The van der Waals surface area contributed by atoms with Crippen molar-refractivity contribution in [1.29, 1.82) is 0 Å². The predicted molar refractivity (Wildman–Crippen MR) is 134 cm³/mol. The Labute approximate surface area is 205 Å². The molecule has 1 fully saturated rings. The summed E-state index contributed by atoms with van der Waals surface area (Å²) in [5.41, 5.74) is 5.79. The molecule has 1 aliphatic heterocycles. The van der Waals surface area contributed by atoms with E-state index in [1.54, 1.807) is 12.1 Å². The zero-order valence-corrected chi connectivity index (χ0v) is 19.9. The molecule has 0 radical (unpaired) electrons. The fourth-order valence-electron chi connectivity index (χ4n) is 4.25. The van der Waals surface area contributed by atoms with E-state index < -0.39 is 0 Å². The van der Waals surface area contributed by atoms with Gasteiger partial charge >= 0.3 is 0 Å². The smallest absolute Gasteiger partial charge is 0.251 e. The molecule has 3 heterocycles. The number of imidazole rings is 1. The summed E-state index contributed by atoms with van der Waals surface area (Å²) in [6.07, 6.45) is 4.00. The standard InChI is InChI=1S/C28H30N4O3/c1-21-8-9-27-30-25(19-32(27)17-21)20-35-26-7-3-6-24(15-26)28(33)29-16-22-4-2-5-23(14-22)18-31-10-12-34-13-11-31/h2-9,14-15,17,19H,10-13,16,18,20H2,1H3,(H,29,33). The lowest BCUT2D eigenvalue weighted by Gasteiger charge is -2.26. The minimum absolute atomic E-state index is 0.128. The third-order valence-electron chi connectivity index (χ3n) is 6.09. The van der Waals surface area contributed by atoms with Gasteiger partial charge in [0, 0.05) is 44.1 Å². The maximum absolute atomic E-state index is 12.8. The highest BCUT2D eigenvalue weighted by atomic mass is 16.5. The molecule has 5 rings (SSSR count). The van der Waals surface area contributed by atoms with Gasteiger partial charge in [0.1, 0.15) is 18.0 Å². The molecule has 7 nitrogen and oxygen atoms in total. The second kappa shape index (κ2) is 10.7. The minimum Gasteiger partial charge on any atom is -0.487 e. The first-order valence-corrected chi connectivity index (χ1v) is 12.0. The van der Waals surface area contributed by atoms with E-state index in [2.05, 4.69) is 27.3 Å². The molecular formula is C28H30N4O3. The van der Waals surface area contributed by atoms with Crippen molar-refractivity contribution in [3.05, 3.63) is 101 Å². The van der Waals surface area contributed by atoms with Crippen LogP contribution in [0.5, 0.6) is 5.75 Å². The average molecular weight is 471 g/mol. The molecule has 4 aromatic rings. The number of nitrogens with zero attached hydrogens (tertiary/aromatic N) is 3. The van der Waals surface area contributed by atoms with Gasteiger partial charge in [-0.15, -0.1) is 0 Å². The van der Waals surface area contributed by atoms with E-state index in [9.17, 15) is 4.79 Å². The van der Waals surface area contributed by atoms with Crippen molar-refractivity contribution in [2.45, 2.75) is 26.6 Å². The summed E-state index contributed by atoms with van der Waals surface area (Å²) in [6, 6.07) is 19.7. The summed E-state index contributed by atoms with van der Waals surface area (Å²) < 4.78 is 13.3. The SMILES string of the molecule is Cc1ccc2nc(COc3cccc(C(=O)NCc4cccc(CN5CCOCC5)c4)c3)cn2c1. The number of fused-ring (bicyclic) bond motifs is 1. The number of aromatic nitrogens is 2.